The predicted molar refractivity (Wildman–Crippen MR) is 126 cm³/mol. The van der Waals surface area contributed by atoms with Crippen molar-refractivity contribution in [1.82, 2.24) is 10.3 Å². The second kappa shape index (κ2) is 9.77. The number of alkyl carbamates (subject to hydrolysis) is 1. The van der Waals surface area contributed by atoms with Crippen LogP contribution in [0.25, 0.3) is 11.1 Å². The minimum atomic E-state index is -0.689. The van der Waals surface area contributed by atoms with Crippen LogP contribution in [0.1, 0.15) is 53.5 Å². The summed E-state index contributed by atoms with van der Waals surface area (Å²) in [6, 6.07) is 9.13. The SMILES string of the molecule is CC(C)CC(C)(COc1ccc(-c2ccnc(N)c2N)cc1C#N)NC(=O)OC(C)(C)C. The Balaban J connectivity index is 2.24. The van der Waals surface area contributed by atoms with E-state index in [2.05, 4.69) is 30.2 Å². The van der Waals surface area contributed by atoms with Crippen molar-refractivity contribution in [2.24, 2.45) is 5.92 Å². The molecule has 2 aromatic rings. The molecule has 1 heterocycles. The highest BCUT2D eigenvalue weighted by Crippen LogP contribution is 2.32. The topological polar surface area (TPSA) is 136 Å². The molecule has 0 aliphatic rings. The van der Waals surface area contributed by atoms with E-state index in [1.807, 2.05) is 33.8 Å². The summed E-state index contributed by atoms with van der Waals surface area (Å²) in [5.74, 6) is 0.952. The van der Waals surface area contributed by atoms with Gasteiger partial charge in [0.25, 0.3) is 0 Å². The summed E-state index contributed by atoms with van der Waals surface area (Å²) in [5, 5.41) is 12.6. The number of amides is 1. The van der Waals surface area contributed by atoms with E-state index >= 15 is 0 Å². The van der Waals surface area contributed by atoms with Gasteiger partial charge < -0.3 is 26.3 Å². The van der Waals surface area contributed by atoms with Gasteiger partial charge in [0.1, 0.15) is 29.8 Å². The minimum Gasteiger partial charge on any atom is -0.490 e. The van der Waals surface area contributed by atoms with Crippen LogP contribution in [0, 0.1) is 17.2 Å². The zero-order valence-electron chi connectivity index (χ0n) is 19.7. The summed E-state index contributed by atoms with van der Waals surface area (Å²) < 4.78 is 11.4. The molecule has 1 aromatic carbocycles. The number of carbonyl (C=O) groups is 1. The maximum atomic E-state index is 12.4. The van der Waals surface area contributed by atoms with E-state index in [0.29, 0.717) is 34.9 Å². The Bertz CT molecular complexity index is 1010. The standard InChI is InChI=1S/C24H33N5O3/c1-15(2)12-24(6,29-22(30)32-23(3,4)5)14-31-19-8-7-16(11-17(19)13-25)18-9-10-28-21(27)20(18)26/h7-11,15H,12,14,26H2,1-6H3,(H2,27,28)(H,29,30). The number of nitrogens with one attached hydrogen (secondary N) is 1. The summed E-state index contributed by atoms with van der Waals surface area (Å²) >= 11 is 0. The van der Waals surface area contributed by atoms with Crippen molar-refractivity contribution < 1.29 is 14.3 Å². The summed E-state index contributed by atoms with van der Waals surface area (Å²) in [7, 11) is 0. The third kappa shape index (κ3) is 6.77. The molecule has 2 rings (SSSR count). The molecule has 0 radical (unpaired) electrons. The van der Waals surface area contributed by atoms with Crippen molar-refractivity contribution in [3.8, 4) is 22.9 Å². The number of rotatable bonds is 7. The first kappa shape index (κ1) is 24.8. The number of hydrogen-bond acceptors (Lipinski definition) is 7. The Morgan fingerprint density at radius 3 is 2.50 bits per heavy atom. The lowest BCUT2D eigenvalue weighted by molar-refractivity contribution is 0.0408. The van der Waals surface area contributed by atoms with E-state index in [-0.39, 0.29) is 12.4 Å². The number of nitriles is 1. The number of aromatic nitrogens is 1. The fraction of sp³-hybridized carbons (Fsp3) is 0.458. The zero-order valence-corrected chi connectivity index (χ0v) is 19.7. The molecule has 32 heavy (non-hydrogen) atoms. The molecule has 0 aliphatic carbocycles. The smallest absolute Gasteiger partial charge is 0.408 e. The van der Waals surface area contributed by atoms with Crippen LogP contribution in [0.2, 0.25) is 0 Å². The molecule has 1 aromatic heterocycles. The second-order valence-electron chi connectivity index (χ2n) is 9.55. The van der Waals surface area contributed by atoms with Crippen LogP contribution < -0.4 is 21.5 Å². The van der Waals surface area contributed by atoms with Crippen molar-refractivity contribution in [1.29, 1.82) is 5.26 Å². The molecule has 8 nitrogen and oxygen atoms in total. The third-order valence-corrected chi connectivity index (χ3v) is 4.64. The lowest BCUT2D eigenvalue weighted by atomic mass is 9.91. The van der Waals surface area contributed by atoms with Crippen molar-refractivity contribution in [3.05, 3.63) is 36.0 Å². The Kier molecular flexibility index (Phi) is 7.57. The number of ether oxygens (including phenoxy) is 2. The fourth-order valence-corrected chi connectivity index (χ4v) is 3.49. The Labute approximate surface area is 189 Å². The molecule has 0 aliphatic heterocycles. The average molecular weight is 440 g/mol. The van der Waals surface area contributed by atoms with Gasteiger partial charge in [-0.25, -0.2) is 9.78 Å². The van der Waals surface area contributed by atoms with Crippen molar-refractivity contribution >= 4 is 17.6 Å². The largest absolute Gasteiger partial charge is 0.490 e. The summed E-state index contributed by atoms with van der Waals surface area (Å²) in [6.45, 7) is 11.6. The number of nitrogens with two attached hydrogens (primary N) is 2. The molecule has 0 fully saturated rings. The lowest BCUT2D eigenvalue weighted by Gasteiger charge is -2.33. The lowest BCUT2D eigenvalue weighted by Crippen LogP contribution is -2.52. The molecule has 0 spiro atoms. The highest BCUT2D eigenvalue weighted by molar-refractivity contribution is 5.83. The van der Waals surface area contributed by atoms with Gasteiger partial charge in [-0.1, -0.05) is 19.9 Å². The molecule has 1 unspecified atom stereocenters. The molecular weight excluding hydrogens is 406 g/mol. The normalized spacial score (nSPS) is 13.2. The molecule has 5 N–H and O–H groups in total. The van der Waals surface area contributed by atoms with Crippen LogP contribution in [-0.4, -0.2) is 28.8 Å². The van der Waals surface area contributed by atoms with E-state index < -0.39 is 17.2 Å². The van der Waals surface area contributed by atoms with Gasteiger partial charge in [0.05, 0.1) is 16.8 Å². The Morgan fingerprint density at radius 1 is 1.22 bits per heavy atom. The van der Waals surface area contributed by atoms with Crippen LogP contribution in [0.4, 0.5) is 16.3 Å². The molecule has 0 saturated carbocycles. The number of hydrogen-bond donors (Lipinski definition) is 3. The Morgan fingerprint density at radius 2 is 1.91 bits per heavy atom. The molecule has 0 bridgehead atoms. The van der Waals surface area contributed by atoms with Crippen LogP contribution in [0.5, 0.6) is 5.75 Å². The van der Waals surface area contributed by atoms with Crippen LogP contribution in [0.15, 0.2) is 30.5 Å². The second-order valence-corrected chi connectivity index (χ2v) is 9.55. The fourth-order valence-electron chi connectivity index (χ4n) is 3.49. The highest BCUT2D eigenvalue weighted by Gasteiger charge is 2.31. The van der Waals surface area contributed by atoms with Gasteiger partial charge in [-0.3, -0.25) is 0 Å². The van der Waals surface area contributed by atoms with Crippen LogP contribution >= 0.6 is 0 Å². The van der Waals surface area contributed by atoms with Gasteiger partial charge in [-0.2, -0.15) is 5.26 Å². The monoisotopic (exact) mass is 439 g/mol. The van der Waals surface area contributed by atoms with Crippen molar-refractivity contribution in [3.63, 3.8) is 0 Å². The first-order chi connectivity index (χ1) is 14.8. The van der Waals surface area contributed by atoms with Gasteiger partial charge in [0.15, 0.2) is 0 Å². The molecule has 172 valence electrons. The van der Waals surface area contributed by atoms with Crippen LogP contribution in [0.3, 0.4) is 0 Å². The maximum Gasteiger partial charge on any atom is 0.408 e. The van der Waals surface area contributed by atoms with E-state index in [0.717, 1.165) is 5.56 Å². The number of benzene rings is 1. The molecule has 0 saturated heterocycles. The third-order valence-electron chi connectivity index (χ3n) is 4.64. The average Bonchev–Trinajstić information content (AvgIpc) is 2.66. The zero-order chi connectivity index (χ0) is 24.1. The summed E-state index contributed by atoms with van der Waals surface area (Å²) in [4.78, 5) is 16.4. The number of pyridine rings is 1. The summed E-state index contributed by atoms with van der Waals surface area (Å²) in [6.07, 6.45) is 1.72. The van der Waals surface area contributed by atoms with Crippen LogP contribution in [-0.2, 0) is 4.74 Å². The van der Waals surface area contributed by atoms with Gasteiger partial charge in [0.2, 0.25) is 0 Å². The van der Waals surface area contributed by atoms with Crippen molar-refractivity contribution in [2.45, 2.75) is 59.1 Å². The van der Waals surface area contributed by atoms with E-state index in [1.165, 1.54) is 0 Å². The van der Waals surface area contributed by atoms with Gasteiger partial charge in [0, 0.05) is 11.8 Å². The van der Waals surface area contributed by atoms with E-state index in [4.69, 9.17) is 20.9 Å². The van der Waals surface area contributed by atoms with Gasteiger partial charge >= 0.3 is 6.09 Å². The van der Waals surface area contributed by atoms with Gasteiger partial charge in [-0.05, 0) is 63.8 Å². The van der Waals surface area contributed by atoms with E-state index in [9.17, 15) is 10.1 Å². The maximum absolute atomic E-state index is 12.4. The Hall–Kier alpha value is -3.47. The first-order valence-electron chi connectivity index (χ1n) is 10.5. The van der Waals surface area contributed by atoms with Gasteiger partial charge in [-0.15, -0.1) is 0 Å². The highest BCUT2D eigenvalue weighted by atomic mass is 16.6. The van der Waals surface area contributed by atoms with Crippen molar-refractivity contribution in [2.75, 3.05) is 18.1 Å². The molecule has 1 amide bonds. The van der Waals surface area contributed by atoms with E-state index in [1.54, 1.807) is 24.4 Å². The first-order valence-corrected chi connectivity index (χ1v) is 10.5. The number of carbonyl (C=O) groups excluding carboxylic acids is 1. The molecule has 1 atom stereocenters. The predicted octanol–water partition coefficient (Wildman–Crippen LogP) is 4.49. The summed E-state index contributed by atoms with van der Waals surface area (Å²) in [5.41, 5.74) is 12.7. The molecule has 8 heteroatoms. The quantitative estimate of drug-likeness (QED) is 0.578. The number of nitrogens with zero attached hydrogens (tertiary/aromatic N) is 2. The molecular formula is C24H33N5O3. The number of anilines is 2. The minimum absolute atomic E-state index is 0.169. The number of nitrogen functional groups attached to an aromatic ring is 2.